The summed E-state index contributed by atoms with van der Waals surface area (Å²) in [7, 11) is 0. The molecular weight excluding hydrogens is 144 g/mol. The highest BCUT2D eigenvalue weighted by Gasteiger charge is 2.04. The Labute approximate surface area is 63.9 Å². The molecular formula is C7H9N2O2+. The maximum Gasteiger partial charge on any atom is 0.370 e. The molecule has 0 fully saturated rings. The predicted molar refractivity (Wildman–Crippen MR) is 38.7 cm³/mol. The quantitative estimate of drug-likeness (QED) is 0.570. The summed E-state index contributed by atoms with van der Waals surface area (Å²) in [5, 5.41) is 8.38. The van der Waals surface area contributed by atoms with Crippen molar-refractivity contribution in [2.45, 2.75) is 6.54 Å². The first-order chi connectivity index (χ1) is 5.18. The van der Waals surface area contributed by atoms with Gasteiger partial charge in [-0.3, -0.25) is 0 Å². The van der Waals surface area contributed by atoms with Crippen molar-refractivity contribution in [3.05, 3.63) is 24.5 Å². The molecule has 0 aliphatic carbocycles. The van der Waals surface area contributed by atoms with Crippen molar-refractivity contribution in [1.29, 1.82) is 0 Å². The Kier molecular flexibility index (Phi) is 2.06. The third kappa shape index (κ3) is 2.25. The Morgan fingerprint density at radius 3 is 2.55 bits per heavy atom. The van der Waals surface area contributed by atoms with E-state index in [2.05, 4.69) is 0 Å². The van der Waals surface area contributed by atoms with Crippen LogP contribution in [0.15, 0.2) is 24.5 Å². The lowest BCUT2D eigenvalue weighted by molar-refractivity contribution is -0.685. The number of carboxylic acid groups (broad SMARTS) is 1. The van der Waals surface area contributed by atoms with E-state index in [0.29, 0.717) is 5.69 Å². The van der Waals surface area contributed by atoms with Gasteiger partial charge >= 0.3 is 5.97 Å². The summed E-state index contributed by atoms with van der Waals surface area (Å²) in [6, 6.07) is 3.31. The van der Waals surface area contributed by atoms with Crippen molar-refractivity contribution in [2.24, 2.45) is 0 Å². The van der Waals surface area contributed by atoms with Crippen LogP contribution in [-0.4, -0.2) is 11.1 Å². The van der Waals surface area contributed by atoms with Gasteiger partial charge in [0.25, 0.3) is 0 Å². The van der Waals surface area contributed by atoms with Crippen LogP contribution in [0.2, 0.25) is 0 Å². The number of aliphatic carboxylic acids is 1. The average molecular weight is 153 g/mol. The molecule has 0 saturated heterocycles. The van der Waals surface area contributed by atoms with Gasteiger partial charge in [-0.1, -0.05) is 0 Å². The molecule has 0 aliphatic heterocycles. The third-order valence-corrected chi connectivity index (χ3v) is 1.23. The Morgan fingerprint density at radius 2 is 2.09 bits per heavy atom. The Bertz CT molecular complexity index is 256. The zero-order valence-corrected chi connectivity index (χ0v) is 5.90. The van der Waals surface area contributed by atoms with Crippen molar-refractivity contribution in [3.63, 3.8) is 0 Å². The fourth-order valence-corrected chi connectivity index (χ4v) is 0.730. The lowest BCUT2D eigenvalue weighted by Crippen LogP contribution is -2.36. The van der Waals surface area contributed by atoms with Gasteiger partial charge in [-0.05, 0) is 0 Å². The predicted octanol–water partition coefficient (Wildman–Crippen LogP) is -0.359. The van der Waals surface area contributed by atoms with Crippen LogP contribution in [0.4, 0.5) is 5.69 Å². The molecule has 0 aromatic carbocycles. The van der Waals surface area contributed by atoms with E-state index in [4.69, 9.17) is 10.8 Å². The molecule has 1 aromatic rings. The summed E-state index contributed by atoms with van der Waals surface area (Å²) in [5.74, 6) is -0.861. The van der Waals surface area contributed by atoms with E-state index in [-0.39, 0.29) is 6.54 Å². The first-order valence-electron chi connectivity index (χ1n) is 3.15. The van der Waals surface area contributed by atoms with Gasteiger partial charge in [0.05, 0.1) is 0 Å². The molecule has 4 heteroatoms. The van der Waals surface area contributed by atoms with Crippen LogP contribution in [0.3, 0.4) is 0 Å². The zero-order valence-electron chi connectivity index (χ0n) is 5.90. The molecule has 0 bridgehead atoms. The number of rotatable bonds is 2. The maximum atomic E-state index is 10.2. The van der Waals surface area contributed by atoms with Gasteiger partial charge in [0.2, 0.25) is 6.54 Å². The van der Waals surface area contributed by atoms with E-state index in [1.54, 1.807) is 29.1 Å². The number of hydrogen-bond acceptors (Lipinski definition) is 2. The minimum Gasteiger partial charge on any atom is -0.477 e. The molecule has 0 saturated carbocycles. The second-order valence-corrected chi connectivity index (χ2v) is 2.20. The van der Waals surface area contributed by atoms with Gasteiger partial charge in [0, 0.05) is 17.8 Å². The summed E-state index contributed by atoms with van der Waals surface area (Å²) in [6.07, 6.45) is 3.26. The van der Waals surface area contributed by atoms with Gasteiger partial charge in [0.15, 0.2) is 12.4 Å². The Morgan fingerprint density at radius 1 is 1.55 bits per heavy atom. The Hall–Kier alpha value is -1.58. The molecule has 0 aliphatic rings. The second kappa shape index (κ2) is 3.01. The summed E-state index contributed by atoms with van der Waals surface area (Å²) in [4.78, 5) is 10.2. The minimum atomic E-state index is -0.861. The largest absolute Gasteiger partial charge is 0.477 e. The number of pyridine rings is 1. The lowest BCUT2D eigenvalue weighted by Gasteiger charge is -1.91. The first-order valence-corrected chi connectivity index (χ1v) is 3.15. The lowest BCUT2D eigenvalue weighted by atomic mass is 10.4. The van der Waals surface area contributed by atoms with E-state index in [1.807, 2.05) is 0 Å². The second-order valence-electron chi connectivity index (χ2n) is 2.20. The van der Waals surface area contributed by atoms with Crippen molar-refractivity contribution in [2.75, 3.05) is 5.73 Å². The van der Waals surface area contributed by atoms with Crippen molar-refractivity contribution in [1.82, 2.24) is 0 Å². The van der Waals surface area contributed by atoms with Crippen LogP contribution in [0.25, 0.3) is 0 Å². The third-order valence-electron chi connectivity index (χ3n) is 1.23. The molecule has 3 N–H and O–H groups in total. The number of hydrogen-bond donors (Lipinski definition) is 2. The number of nitrogens with zero attached hydrogens (tertiary/aromatic N) is 1. The van der Waals surface area contributed by atoms with Crippen LogP contribution in [0.5, 0.6) is 0 Å². The van der Waals surface area contributed by atoms with E-state index >= 15 is 0 Å². The minimum absolute atomic E-state index is 0.0275. The molecule has 58 valence electrons. The molecule has 0 atom stereocenters. The maximum absolute atomic E-state index is 10.2. The highest BCUT2D eigenvalue weighted by molar-refractivity contribution is 5.64. The molecule has 0 radical (unpaired) electrons. The van der Waals surface area contributed by atoms with Crippen LogP contribution < -0.4 is 10.3 Å². The number of carboxylic acids is 1. The van der Waals surface area contributed by atoms with Crippen LogP contribution in [-0.2, 0) is 11.3 Å². The van der Waals surface area contributed by atoms with E-state index in [0.717, 1.165) is 0 Å². The topological polar surface area (TPSA) is 67.2 Å². The van der Waals surface area contributed by atoms with Crippen molar-refractivity contribution in [3.8, 4) is 0 Å². The van der Waals surface area contributed by atoms with Crippen LogP contribution in [0.1, 0.15) is 0 Å². The summed E-state index contributed by atoms with van der Waals surface area (Å²) in [6.45, 7) is -0.0275. The van der Waals surface area contributed by atoms with Gasteiger partial charge < -0.3 is 10.8 Å². The van der Waals surface area contributed by atoms with Crippen molar-refractivity contribution < 1.29 is 14.5 Å². The highest BCUT2D eigenvalue weighted by Crippen LogP contribution is 1.92. The molecule has 1 rings (SSSR count). The molecule has 0 spiro atoms. The van der Waals surface area contributed by atoms with E-state index < -0.39 is 5.97 Å². The van der Waals surface area contributed by atoms with E-state index in [1.165, 1.54) is 0 Å². The SMILES string of the molecule is Nc1cc[n+](CC(=O)O)cc1. The Balaban J connectivity index is 2.74. The fourth-order valence-electron chi connectivity index (χ4n) is 0.730. The highest BCUT2D eigenvalue weighted by atomic mass is 16.4. The van der Waals surface area contributed by atoms with Crippen LogP contribution in [0, 0.1) is 0 Å². The fraction of sp³-hybridized carbons (Fsp3) is 0.143. The molecule has 1 aromatic heterocycles. The van der Waals surface area contributed by atoms with Crippen LogP contribution >= 0.6 is 0 Å². The first kappa shape index (κ1) is 7.53. The molecule has 0 amide bonds. The normalized spacial score (nSPS) is 9.45. The smallest absolute Gasteiger partial charge is 0.370 e. The van der Waals surface area contributed by atoms with Crippen molar-refractivity contribution >= 4 is 11.7 Å². The van der Waals surface area contributed by atoms with Gasteiger partial charge in [-0.2, -0.15) is 4.57 Å². The standard InChI is InChI=1S/C7H8N2O2/c8-6-1-3-9(4-2-6)5-7(10)11/h1-4,8H,5H2,(H,10,11)/p+1. The average Bonchev–Trinajstić information content (AvgIpc) is 1.93. The molecule has 4 nitrogen and oxygen atoms in total. The molecule has 11 heavy (non-hydrogen) atoms. The monoisotopic (exact) mass is 153 g/mol. The number of aromatic nitrogens is 1. The number of nitrogen functional groups attached to an aromatic ring is 1. The number of carbonyl (C=O) groups is 1. The molecule has 0 unspecified atom stereocenters. The summed E-state index contributed by atoms with van der Waals surface area (Å²) < 4.78 is 1.54. The zero-order chi connectivity index (χ0) is 8.27. The van der Waals surface area contributed by atoms with Gasteiger partial charge in [-0.25, -0.2) is 4.79 Å². The summed E-state index contributed by atoms with van der Waals surface area (Å²) >= 11 is 0. The molecule has 1 heterocycles. The van der Waals surface area contributed by atoms with Gasteiger partial charge in [0.1, 0.15) is 0 Å². The number of anilines is 1. The van der Waals surface area contributed by atoms with Gasteiger partial charge in [-0.15, -0.1) is 0 Å². The number of nitrogens with two attached hydrogens (primary N) is 1. The van der Waals surface area contributed by atoms with E-state index in [9.17, 15) is 4.79 Å². The summed E-state index contributed by atoms with van der Waals surface area (Å²) in [5.41, 5.74) is 6.03.